The minimum Gasteiger partial charge on any atom is -0.508 e. The van der Waals surface area contributed by atoms with Gasteiger partial charge in [-0.1, -0.05) is 0 Å². The van der Waals surface area contributed by atoms with E-state index in [0.29, 0.717) is 22.7 Å². The van der Waals surface area contributed by atoms with E-state index in [1.165, 1.54) is 0 Å². The van der Waals surface area contributed by atoms with E-state index in [1.54, 1.807) is 36.4 Å². The van der Waals surface area contributed by atoms with Crippen LogP contribution in [0.5, 0.6) is 11.5 Å². The summed E-state index contributed by atoms with van der Waals surface area (Å²) in [4.78, 5) is 0. The summed E-state index contributed by atoms with van der Waals surface area (Å²) in [6.07, 6.45) is 0. The number of rotatable bonds is 1. The van der Waals surface area contributed by atoms with Gasteiger partial charge in [-0.15, -0.1) is 0 Å². The van der Waals surface area contributed by atoms with Crippen LogP contribution in [0.1, 0.15) is 11.1 Å². The Morgan fingerprint density at radius 1 is 0.682 bits per heavy atom. The molecule has 0 unspecified atom stereocenters. The molecule has 2 aromatic carbocycles. The smallest absolute Gasteiger partial charge is 0.173 e. The van der Waals surface area contributed by atoms with Gasteiger partial charge in [-0.05, 0) is 50.2 Å². The quantitative estimate of drug-likeness (QED) is 0.525. The number of benzene rings is 2. The van der Waals surface area contributed by atoms with E-state index in [-0.39, 0.29) is 11.5 Å². The second kappa shape index (κ2) is 4.31. The monoisotopic (exact) mass is 294 g/mol. The normalized spacial score (nSPS) is 11.5. The molecule has 4 rings (SSSR count). The number of aryl methyl sites for hydroxylation is 2. The number of fused-ring (bicyclic) bond motifs is 2. The average Bonchev–Trinajstić information content (AvgIpc) is 2.98. The fourth-order valence-electron chi connectivity index (χ4n) is 2.85. The number of furan rings is 2. The van der Waals surface area contributed by atoms with Crippen LogP contribution in [0.3, 0.4) is 0 Å². The molecule has 2 N–H and O–H groups in total. The van der Waals surface area contributed by atoms with E-state index < -0.39 is 0 Å². The summed E-state index contributed by atoms with van der Waals surface area (Å²) >= 11 is 0. The lowest BCUT2D eigenvalue weighted by Crippen LogP contribution is -1.77. The van der Waals surface area contributed by atoms with Crippen molar-refractivity contribution in [3.8, 4) is 23.0 Å². The Morgan fingerprint density at radius 2 is 1.09 bits per heavy atom. The minimum absolute atomic E-state index is 0.203. The lowest BCUT2D eigenvalue weighted by molar-refractivity contribution is 0.475. The zero-order chi connectivity index (χ0) is 15.4. The lowest BCUT2D eigenvalue weighted by Gasteiger charge is -1.95. The average molecular weight is 294 g/mol. The molecule has 2 aromatic heterocycles. The van der Waals surface area contributed by atoms with Crippen molar-refractivity contribution in [2.24, 2.45) is 0 Å². The molecule has 4 nitrogen and oxygen atoms in total. The standard InChI is InChI=1S/C18H14O4/c1-9-13-7-11(19)3-5-15(13)21-17(9)18-10(2)14-8-12(20)4-6-16(14)22-18/h3-8,19-20H,1-2H3. The van der Waals surface area contributed by atoms with Gasteiger partial charge in [-0.3, -0.25) is 0 Å². The highest BCUT2D eigenvalue weighted by molar-refractivity contribution is 5.92. The van der Waals surface area contributed by atoms with Crippen molar-refractivity contribution >= 4 is 21.9 Å². The van der Waals surface area contributed by atoms with Gasteiger partial charge in [0.2, 0.25) is 0 Å². The Labute approximate surface area is 126 Å². The van der Waals surface area contributed by atoms with E-state index in [0.717, 1.165) is 21.9 Å². The van der Waals surface area contributed by atoms with Gasteiger partial charge in [0.05, 0.1) is 0 Å². The van der Waals surface area contributed by atoms with Crippen LogP contribution in [0, 0.1) is 13.8 Å². The summed E-state index contributed by atoms with van der Waals surface area (Å²) in [7, 11) is 0. The molecule has 0 radical (unpaired) electrons. The molecule has 0 amide bonds. The summed E-state index contributed by atoms with van der Waals surface area (Å²) in [6, 6.07) is 10.0. The van der Waals surface area contributed by atoms with Gasteiger partial charge in [0.1, 0.15) is 22.7 Å². The van der Waals surface area contributed by atoms with Gasteiger partial charge in [-0.25, -0.2) is 0 Å². The molecule has 0 bridgehead atoms. The molecule has 0 spiro atoms. The van der Waals surface area contributed by atoms with Crippen molar-refractivity contribution in [3.05, 3.63) is 47.5 Å². The van der Waals surface area contributed by atoms with Crippen molar-refractivity contribution < 1.29 is 19.0 Å². The zero-order valence-electron chi connectivity index (χ0n) is 12.2. The van der Waals surface area contributed by atoms with Crippen LogP contribution in [0.15, 0.2) is 45.2 Å². The van der Waals surface area contributed by atoms with E-state index in [4.69, 9.17) is 8.83 Å². The second-order valence-electron chi connectivity index (χ2n) is 5.47. The maximum absolute atomic E-state index is 9.64. The summed E-state index contributed by atoms with van der Waals surface area (Å²) in [5.74, 6) is 1.70. The summed E-state index contributed by atoms with van der Waals surface area (Å²) in [5, 5.41) is 21.0. The molecule has 110 valence electrons. The third kappa shape index (κ3) is 1.70. The van der Waals surface area contributed by atoms with Crippen LogP contribution in [-0.4, -0.2) is 10.2 Å². The number of aromatic hydroxyl groups is 2. The molecule has 0 aliphatic carbocycles. The maximum atomic E-state index is 9.64. The summed E-state index contributed by atoms with van der Waals surface area (Å²) in [5.41, 5.74) is 3.23. The SMILES string of the molecule is Cc1c(-c2oc3ccc(O)cc3c2C)oc2ccc(O)cc12. The molecule has 0 saturated carbocycles. The molecule has 4 heteroatoms. The molecule has 0 aliphatic heterocycles. The highest BCUT2D eigenvalue weighted by Crippen LogP contribution is 2.40. The van der Waals surface area contributed by atoms with Crippen LogP contribution in [0.4, 0.5) is 0 Å². The third-order valence-corrected chi connectivity index (χ3v) is 4.05. The van der Waals surface area contributed by atoms with Crippen LogP contribution in [0.25, 0.3) is 33.5 Å². The van der Waals surface area contributed by atoms with Crippen LogP contribution in [0.2, 0.25) is 0 Å². The lowest BCUT2D eigenvalue weighted by atomic mass is 10.1. The largest absolute Gasteiger partial charge is 0.508 e. The van der Waals surface area contributed by atoms with E-state index >= 15 is 0 Å². The molecule has 2 heterocycles. The fraction of sp³-hybridized carbons (Fsp3) is 0.111. The molecule has 4 aromatic rings. The predicted molar refractivity (Wildman–Crippen MR) is 84.2 cm³/mol. The van der Waals surface area contributed by atoms with Gasteiger partial charge in [0.25, 0.3) is 0 Å². The van der Waals surface area contributed by atoms with Crippen LogP contribution >= 0.6 is 0 Å². The third-order valence-electron chi connectivity index (χ3n) is 4.05. The maximum Gasteiger partial charge on any atom is 0.173 e. The van der Waals surface area contributed by atoms with Crippen LogP contribution in [-0.2, 0) is 0 Å². The number of hydrogen-bond donors (Lipinski definition) is 2. The van der Waals surface area contributed by atoms with E-state index in [9.17, 15) is 10.2 Å². The van der Waals surface area contributed by atoms with E-state index in [1.807, 2.05) is 13.8 Å². The van der Waals surface area contributed by atoms with Gasteiger partial charge < -0.3 is 19.0 Å². The Bertz CT molecular complexity index is 937. The van der Waals surface area contributed by atoms with Crippen molar-refractivity contribution in [1.29, 1.82) is 0 Å². The fourth-order valence-corrected chi connectivity index (χ4v) is 2.85. The summed E-state index contributed by atoms with van der Waals surface area (Å²) in [6.45, 7) is 3.87. The second-order valence-corrected chi connectivity index (χ2v) is 5.47. The predicted octanol–water partition coefficient (Wildman–Crippen LogP) is 4.87. The topological polar surface area (TPSA) is 66.7 Å². The first-order chi connectivity index (χ1) is 10.5. The van der Waals surface area contributed by atoms with Crippen molar-refractivity contribution in [1.82, 2.24) is 0 Å². The van der Waals surface area contributed by atoms with Gasteiger partial charge in [0, 0.05) is 21.9 Å². The molecule has 0 saturated heterocycles. The zero-order valence-corrected chi connectivity index (χ0v) is 12.2. The molecule has 0 aliphatic rings. The molecule has 0 atom stereocenters. The first-order valence-electron chi connectivity index (χ1n) is 6.99. The van der Waals surface area contributed by atoms with Crippen molar-refractivity contribution in [3.63, 3.8) is 0 Å². The van der Waals surface area contributed by atoms with E-state index in [2.05, 4.69) is 0 Å². The van der Waals surface area contributed by atoms with Gasteiger partial charge in [0.15, 0.2) is 11.5 Å². The van der Waals surface area contributed by atoms with Crippen LogP contribution < -0.4 is 0 Å². The Balaban J connectivity index is 2.03. The Kier molecular flexibility index (Phi) is 2.51. The van der Waals surface area contributed by atoms with Crippen molar-refractivity contribution in [2.45, 2.75) is 13.8 Å². The first-order valence-corrected chi connectivity index (χ1v) is 6.99. The highest BCUT2D eigenvalue weighted by atomic mass is 16.4. The first kappa shape index (κ1) is 12.8. The Hall–Kier alpha value is -2.88. The highest BCUT2D eigenvalue weighted by Gasteiger charge is 2.20. The number of phenolic OH excluding ortho intramolecular Hbond substituents is 2. The molecular weight excluding hydrogens is 280 g/mol. The van der Waals surface area contributed by atoms with Crippen molar-refractivity contribution in [2.75, 3.05) is 0 Å². The van der Waals surface area contributed by atoms with Gasteiger partial charge >= 0.3 is 0 Å². The minimum atomic E-state index is 0.203. The van der Waals surface area contributed by atoms with Gasteiger partial charge in [-0.2, -0.15) is 0 Å². The number of hydrogen-bond acceptors (Lipinski definition) is 4. The molecule has 0 fully saturated rings. The molecule has 22 heavy (non-hydrogen) atoms. The number of phenols is 2. The molecular formula is C18H14O4. The summed E-state index contributed by atoms with van der Waals surface area (Å²) < 4.78 is 11.8. The Morgan fingerprint density at radius 3 is 1.50 bits per heavy atom.